The first kappa shape index (κ1) is 18.3. The Kier molecular flexibility index (Phi) is 5.61. The fourth-order valence-corrected chi connectivity index (χ4v) is 2.62. The predicted octanol–water partition coefficient (Wildman–Crippen LogP) is 3.55. The van der Waals surface area contributed by atoms with E-state index in [0.29, 0.717) is 34.5 Å². The number of oxazole rings is 1. The standard InChI is InChI=1S/C20H20N2O5/c1-24-16-9-14(10-17(25-2)19(16)26-3)21-18(23)11-15-12-27-20(22-15)13-7-5-4-6-8-13/h4-10,12H,11H2,1-3H3,(H,21,23). The van der Waals surface area contributed by atoms with Crippen molar-refractivity contribution in [2.75, 3.05) is 26.6 Å². The minimum atomic E-state index is -0.239. The number of hydrogen-bond acceptors (Lipinski definition) is 6. The normalized spacial score (nSPS) is 10.3. The molecular formula is C20H20N2O5. The van der Waals surface area contributed by atoms with Gasteiger partial charge in [0, 0.05) is 23.4 Å². The molecule has 1 heterocycles. The van der Waals surface area contributed by atoms with Crippen LogP contribution in [0.15, 0.2) is 53.1 Å². The molecule has 0 bridgehead atoms. The zero-order chi connectivity index (χ0) is 19.2. The maximum Gasteiger partial charge on any atom is 0.230 e. The molecule has 1 N–H and O–H groups in total. The van der Waals surface area contributed by atoms with Crippen molar-refractivity contribution in [1.82, 2.24) is 4.98 Å². The van der Waals surface area contributed by atoms with E-state index in [1.807, 2.05) is 30.3 Å². The van der Waals surface area contributed by atoms with Crippen LogP contribution in [0.2, 0.25) is 0 Å². The second-order valence-electron chi connectivity index (χ2n) is 5.65. The molecule has 1 amide bonds. The minimum absolute atomic E-state index is 0.0764. The van der Waals surface area contributed by atoms with Gasteiger partial charge in [-0.3, -0.25) is 4.79 Å². The van der Waals surface area contributed by atoms with Crippen molar-refractivity contribution in [3.05, 3.63) is 54.4 Å². The van der Waals surface area contributed by atoms with Gasteiger partial charge < -0.3 is 23.9 Å². The van der Waals surface area contributed by atoms with E-state index < -0.39 is 0 Å². The molecular weight excluding hydrogens is 348 g/mol. The number of carbonyl (C=O) groups excluding carboxylic acids is 1. The monoisotopic (exact) mass is 368 g/mol. The molecule has 0 fully saturated rings. The number of aromatic nitrogens is 1. The smallest absolute Gasteiger partial charge is 0.230 e. The average Bonchev–Trinajstić information content (AvgIpc) is 3.16. The van der Waals surface area contributed by atoms with Crippen LogP contribution in [0.3, 0.4) is 0 Å². The van der Waals surface area contributed by atoms with E-state index >= 15 is 0 Å². The Morgan fingerprint density at radius 1 is 1.04 bits per heavy atom. The summed E-state index contributed by atoms with van der Waals surface area (Å²) in [4.78, 5) is 16.7. The number of anilines is 1. The van der Waals surface area contributed by atoms with Crippen molar-refractivity contribution in [1.29, 1.82) is 0 Å². The van der Waals surface area contributed by atoms with Crippen LogP contribution in [0.4, 0.5) is 5.69 Å². The van der Waals surface area contributed by atoms with Crippen molar-refractivity contribution in [3.63, 3.8) is 0 Å². The second-order valence-corrected chi connectivity index (χ2v) is 5.65. The fourth-order valence-electron chi connectivity index (χ4n) is 2.62. The second kappa shape index (κ2) is 8.27. The van der Waals surface area contributed by atoms with E-state index in [2.05, 4.69) is 10.3 Å². The van der Waals surface area contributed by atoms with E-state index in [9.17, 15) is 4.79 Å². The van der Waals surface area contributed by atoms with E-state index in [1.54, 1.807) is 12.1 Å². The zero-order valence-corrected chi connectivity index (χ0v) is 15.3. The molecule has 0 aliphatic carbocycles. The Bertz CT molecular complexity index is 896. The quantitative estimate of drug-likeness (QED) is 0.687. The van der Waals surface area contributed by atoms with Gasteiger partial charge in [-0.05, 0) is 12.1 Å². The number of ether oxygens (including phenoxy) is 3. The number of nitrogens with one attached hydrogen (secondary N) is 1. The number of amides is 1. The van der Waals surface area contributed by atoms with Crippen molar-refractivity contribution >= 4 is 11.6 Å². The largest absolute Gasteiger partial charge is 0.493 e. The third-order valence-electron chi connectivity index (χ3n) is 3.86. The average molecular weight is 368 g/mol. The molecule has 0 radical (unpaired) electrons. The molecule has 0 aliphatic heterocycles. The SMILES string of the molecule is COc1cc(NC(=O)Cc2coc(-c3ccccc3)n2)cc(OC)c1OC. The highest BCUT2D eigenvalue weighted by atomic mass is 16.5. The Labute approximate surface area is 156 Å². The Balaban J connectivity index is 1.72. The molecule has 7 heteroatoms. The van der Waals surface area contributed by atoms with Gasteiger partial charge in [0.25, 0.3) is 0 Å². The highest BCUT2D eigenvalue weighted by Gasteiger charge is 2.15. The molecule has 3 rings (SSSR count). The lowest BCUT2D eigenvalue weighted by Crippen LogP contribution is -2.15. The zero-order valence-electron chi connectivity index (χ0n) is 15.3. The molecule has 2 aromatic carbocycles. The lowest BCUT2D eigenvalue weighted by atomic mass is 10.2. The maximum atomic E-state index is 12.4. The Morgan fingerprint density at radius 3 is 2.30 bits per heavy atom. The first-order valence-corrected chi connectivity index (χ1v) is 8.24. The summed E-state index contributed by atoms with van der Waals surface area (Å²) >= 11 is 0. The summed E-state index contributed by atoms with van der Waals surface area (Å²) in [7, 11) is 4.56. The number of rotatable bonds is 7. The topological polar surface area (TPSA) is 82.8 Å². The summed E-state index contributed by atoms with van der Waals surface area (Å²) in [6.45, 7) is 0. The molecule has 0 unspecified atom stereocenters. The van der Waals surface area contributed by atoms with Crippen molar-refractivity contribution < 1.29 is 23.4 Å². The van der Waals surface area contributed by atoms with Crippen molar-refractivity contribution in [3.8, 4) is 28.7 Å². The van der Waals surface area contributed by atoms with Crippen LogP contribution in [-0.2, 0) is 11.2 Å². The molecule has 3 aromatic rings. The third-order valence-corrected chi connectivity index (χ3v) is 3.86. The van der Waals surface area contributed by atoms with Crippen LogP contribution < -0.4 is 19.5 Å². The maximum absolute atomic E-state index is 12.4. The van der Waals surface area contributed by atoms with Gasteiger partial charge >= 0.3 is 0 Å². The highest BCUT2D eigenvalue weighted by molar-refractivity contribution is 5.92. The summed E-state index contributed by atoms with van der Waals surface area (Å²) in [5.74, 6) is 1.62. The van der Waals surface area contributed by atoms with Gasteiger partial charge in [0.2, 0.25) is 17.5 Å². The molecule has 0 saturated heterocycles. The molecule has 0 atom stereocenters. The Morgan fingerprint density at radius 2 is 1.70 bits per heavy atom. The van der Waals surface area contributed by atoms with Crippen molar-refractivity contribution in [2.45, 2.75) is 6.42 Å². The van der Waals surface area contributed by atoms with Crippen molar-refractivity contribution in [2.24, 2.45) is 0 Å². The van der Waals surface area contributed by atoms with E-state index in [0.717, 1.165) is 5.56 Å². The minimum Gasteiger partial charge on any atom is -0.493 e. The van der Waals surface area contributed by atoms with Gasteiger partial charge in [0.05, 0.1) is 33.4 Å². The summed E-state index contributed by atoms with van der Waals surface area (Å²) in [6.07, 6.45) is 1.56. The number of carbonyl (C=O) groups is 1. The van der Waals surface area contributed by atoms with E-state index in [1.165, 1.54) is 27.6 Å². The molecule has 1 aromatic heterocycles. The summed E-state index contributed by atoms with van der Waals surface area (Å²) in [5.41, 5.74) is 1.92. The van der Waals surface area contributed by atoms with E-state index in [4.69, 9.17) is 18.6 Å². The van der Waals surface area contributed by atoms with Gasteiger partial charge in [-0.2, -0.15) is 0 Å². The van der Waals surface area contributed by atoms with Crippen LogP contribution in [0.5, 0.6) is 17.2 Å². The van der Waals surface area contributed by atoms with E-state index in [-0.39, 0.29) is 12.3 Å². The molecule has 0 aliphatic rings. The van der Waals surface area contributed by atoms with Crippen LogP contribution in [0, 0.1) is 0 Å². The molecule has 7 nitrogen and oxygen atoms in total. The Hall–Kier alpha value is -3.48. The van der Waals surface area contributed by atoms with Crippen LogP contribution >= 0.6 is 0 Å². The van der Waals surface area contributed by atoms with Gasteiger partial charge in [-0.15, -0.1) is 0 Å². The number of methoxy groups -OCH3 is 3. The third kappa shape index (κ3) is 4.20. The molecule has 0 spiro atoms. The first-order chi connectivity index (χ1) is 13.1. The summed E-state index contributed by atoms with van der Waals surface area (Å²) in [6, 6.07) is 12.8. The fraction of sp³-hybridized carbons (Fsp3) is 0.200. The number of hydrogen-bond donors (Lipinski definition) is 1. The molecule has 27 heavy (non-hydrogen) atoms. The van der Waals surface area contributed by atoms with Crippen LogP contribution in [-0.4, -0.2) is 32.2 Å². The highest BCUT2D eigenvalue weighted by Crippen LogP contribution is 2.39. The predicted molar refractivity (Wildman–Crippen MR) is 100 cm³/mol. The summed E-state index contributed by atoms with van der Waals surface area (Å²) < 4.78 is 21.3. The van der Waals surface area contributed by atoms with Crippen LogP contribution in [0.25, 0.3) is 11.5 Å². The number of benzene rings is 2. The van der Waals surface area contributed by atoms with Gasteiger partial charge in [-0.1, -0.05) is 18.2 Å². The van der Waals surface area contributed by atoms with Crippen LogP contribution in [0.1, 0.15) is 5.69 Å². The summed E-state index contributed by atoms with van der Waals surface area (Å²) in [5, 5.41) is 2.80. The first-order valence-electron chi connectivity index (χ1n) is 8.24. The molecule has 140 valence electrons. The number of nitrogens with zero attached hydrogens (tertiary/aromatic N) is 1. The van der Waals surface area contributed by atoms with Gasteiger partial charge in [0.15, 0.2) is 11.5 Å². The lowest BCUT2D eigenvalue weighted by molar-refractivity contribution is -0.115. The van der Waals surface area contributed by atoms with Gasteiger partial charge in [0.1, 0.15) is 6.26 Å². The lowest BCUT2D eigenvalue weighted by Gasteiger charge is -2.14. The van der Waals surface area contributed by atoms with Gasteiger partial charge in [-0.25, -0.2) is 4.98 Å². The molecule has 0 saturated carbocycles.